The van der Waals surface area contributed by atoms with Gasteiger partial charge in [0.25, 0.3) is 0 Å². The molecule has 2 bridgehead atoms. The predicted molar refractivity (Wildman–Crippen MR) is 89.4 cm³/mol. The van der Waals surface area contributed by atoms with Crippen molar-refractivity contribution in [2.24, 2.45) is 0 Å². The number of rotatable bonds is 2. The van der Waals surface area contributed by atoms with E-state index in [9.17, 15) is 0 Å². The third-order valence-electron chi connectivity index (χ3n) is 4.85. The normalized spacial score (nSPS) is 34.0. The van der Waals surface area contributed by atoms with E-state index in [0.29, 0.717) is 17.4 Å². The monoisotopic (exact) mass is 338 g/mol. The van der Waals surface area contributed by atoms with Gasteiger partial charge < -0.3 is 19.3 Å². The highest BCUT2D eigenvalue weighted by atomic mass is 35.5. The number of morpholine rings is 2. The van der Waals surface area contributed by atoms with Crippen LogP contribution < -0.4 is 9.80 Å². The van der Waals surface area contributed by atoms with Crippen molar-refractivity contribution in [3.8, 4) is 0 Å². The lowest BCUT2D eigenvalue weighted by Gasteiger charge is -2.37. The van der Waals surface area contributed by atoms with Gasteiger partial charge >= 0.3 is 0 Å². The van der Waals surface area contributed by atoms with Gasteiger partial charge in [0.05, 0.1) is 30.1 Å². The van der Waals surface area contributed by atoms with Gasteiger partial charge in [-0.25, -0.2) is 0 Å². The molecular formula is C16H23ClN4O2. The van der Waals surface area contributed by atoms with Crippen LogP contribution in [0.1, 0.15) is 26.7 Å². The Morgan fingerprint density at radius 2 is 1.61 bits per heavy atom. The number of aromatic nitrogens is 2. The molecule has 1 aromatic rings. The predicted octanol–water partition coefficient (Wildman–Crippen LogP) is 2.11. The lowest BCUT2D eigenvalue weighted by atomic mass is 10.2. The molecule has 3 fully saturated rings. The Morgan fingerprint density at radius 1 is 0.957 bits per heavy atom. The van der Waals surface area contributed by atoms with Gasteiger partial charge in [0.15, 0.2) is 11.0 Å². The van der Waals surface area contributed by atoms with Crippen LogP contribution in [-0.4, -0.2) is 60.8 Å². The van der Waals surface area contributed by atoms with E-state index in [1.807, 2.05) is 0 Å². The van der Waals surface area contributed by atoms with Crippen LogP contribution in [0.5, 0.6) is 0 Å². The summed E-state index contributed by atoms with van der Waals surface area (Å²) in [6, 6.07) is 2.07. The highest BCUT2D eigenvalue weighted by molar-refractivity contribution is 6.32. The number of fused-ring (bicyclic) bond motifs is 2. The molecule has 2 unspecified atom stereocenters. The second-order valence-corrected chi connectivity index (χ2v) is 7.26. The lowest BCUT2D eigenvalue weighted by Crippen LogP contribution is -2.46. The molecule has 3 saturated heterocycles. The molecule has 126 valence electrons. The molecule has 3 aliphatic heterocycles. The van der Waals surface area contributed by atoms with Crippen LogP contribution in [0.2, 0.25) is 5.15 Å². The summed E-state index contributed by atoms with van der Waals surface area (Å²) in [7, 11) is 0. The fraction of sp³-hybridized carbons (Fsp3) is 0.750. The minimum Gasteiger partial charge on any atom is -0.372 e. The first-order valence-corrected chi connectivity index (χ1v) is 8.80. The van der Waals surface area contributed by atoms with Crippen molar-refractivity contribution in [1.29, 1.82) is 0 Å². The molecule has 3 aliphatic rings. The van der Waals surface area contributed by atoms with Gasteiger partial charge in [0.1, 0.15) is 0 Å². The van der Waals surface area contributed by atoms with Crippen LogP contribution in [0.4, 0.5) is 11.5 Å². The molecular weight excluding hydrogens is 316 g/mol. The average molecular weight is 339 g/mol. The first-order valence-electron chi connectivity index (χ1n) is 8.42. The van der Waals surface area contributed by atoms with Crippen molar-refractivity contribution in [1.82, 2.24) is 10.2 Å². The fourth-order valence-corrected chi connectivity index (χ4v) is 4.12. The minimum atomic E-state index is 0.186. The van der Waals surface area contributed by atoms with E-state index >= 15 is 0 Å². The zero-order valence-electron chi connectivity index (χ0n) is 13.6. The number of anilines is 2. The molecule has 4 atom stereocenters. The average Bonchev–Trinajstić information content (AvgIpc) is 2.85. The maximum absolute atomic E-state index is 6.33. The molecule has 0 amide bonds. The van der Waals surface area contributed by atoms with E-state index in [0.717, 1.165) is 50.5 Å². The molecule has 0 saturated carbocycles. The molecule has 0 spiro atoms. The summed E-state index contributed by atoms with van der Waals surface area (Å²) in [4.78, 5) is 4.54. The van der Waals surface area contributed by atoms with E-state index in [1.165, 1.54) is 0 Å². The third kappa shape index (κ3) is 3.12. The smallest absolute Gasteiger partial charge is 0.175 e. The minimum absolute atomic E-state index is 0.186. The van der Waals surface area contributed by atoms with Crippen LogP contribution in [0.15, 0.2) is 6.07 Å². The summed E-state index contributed by atoms with van der Waals surface area (Å²) < 4.78 is 11.7. The van der Waals surface area contributed by atoms with E-state index in [1.54, 1.807) is 0 Å². The Labute approximate surface area is 141 Å². The first-order chi connectivity index (χ1) is 11.1. The van der Waals surface area contributed by atoms with E-state index in [-0.39, 0.29) is 12.2 Å². The molecule has 1 aromatic heterocycles. The molecule has 0 radical (unpaired) electrons. The van der Waals surface area contributed by atoms with Gasteiger partial charge in [0, 0.05) is 32.2 Å². The van der Waals surface area contributed by atoms with Crippen LogP contribution in [0.3, 0.4) is 0 Å². The Balaban J connectivity index is 1.58. The number of halogens is 1. The molecule has 0 aromatic carbocycles. The second kappa shape index (κ2) is 6.07. The van der Waals surface area contributed by atoms with Gasteiger partial charge in [-0.3, -0.25) is 0 Å². The highest BCUT2D eigenvalue weighted by Crippen LogP contribution is 2.33. The topological polar surface area (TPSA) is 50.7 Å². The Hall–Kier alpha value is -1.11. The van der Waals surface area contributed by atoms with E-state index in [4.69, 9.17) is 21.1 Å². The Kier molecular flexibility index (Phi) is 4.07. The Bertz CT molecular complexity index is 565. The van der Waals surface area contributed by atoms with Crippen molar-refractivity contribution < 1.29 is 9.47 Å². The molecule has 0 aliphatic carbocycles. The van der Waals surface area contributed by atoms with E-state index in [2.05, 4.69) is 39.9 Å². The van der Waals surface area contributed by atoms with Crippen molar-refractivity contribution >= 4 is 23.1 Å². The quantitative estimate of drug-likeness (QED) is 0.823. The molecule has 6 nitrogen and oxygen atoms in total. The third-order valence-corrected chi connectivity index (χ3v) is 5.11. The molecule has 23 heavy (non-hydrogen) atoms. The maximum Gasteiger partial charge on any atom is 0.175 e. The zero-order chi connectivity index (χ0) is 16.0. The summed E-state index contributed by atoms with van der Waals surface area (Å²) in [5, 5.41) is 8.99. The number of hydrogen-bond acceptors (Lipinski definition) is 6. The SMILES string of the molecule is C[C@@H]1CN(c2cc(N3CC4CCC(C3)O4)nnc2Cl)C[C@H](C)O1. The standard InChI is InChI=1S/C16H23ClN4O2/c1-10-6-20(7-11(2)22-10)14-5-15(18-19-16(14)17)21-8-12-3-4-13(9-21)23-12/h5,10-13H,3-4,6-9H2,1-2H3/t10-,11+,12?,13?. The summed E-state index contributed by atoms with van der Waals surface area (Å²) in [6.07, 6.45) is 3.33. The lowest BCUT2D eigenvalue weighted by molar-refractivity contribution is -0.00523. The summed E-state index contributed by atoms with van der Waals surface area (Å²) >= 11 is 6.33. The molecule has 4 rings (SSSR count). The van der Waals surface area contributed by atoms with Gasteiger partial charge in [-0.1, -0.05) is 11.6 Å². The van der Waals surface area contributed by atoms with Crippen LogP contribution >= 0.6 is 11.6 Å². The molecule has 4 heterocycles. The number of nitrogens with zero attached hydrogens (tertiary/aromatic N) is 4. The number of ether oxygens (including phenoxy) is 2. The second-order valence-electron chi connectivity index (χ2n) is 6.90. The van der Waals surface area contributed by atoms with Crippen molar-refractivity contribution in [2.75, 3.05) is 36.0 Å². The van der Waals surface area contributed by atoms with Gasteiger partial charge in [-0.15, -0.1) is 10.2 Å². The van der Waals surface area contributed by atoms with E-state index < -0.39 is 0 Å². The van der Waals surface area contributed by atoms with Crippen LogP contribution in [-0.2, 0) is 9.47 Å². The highest BCUT2D eigenvalue weighted by Gasteiger charge is 2.35. The molecule has 7 heteroatoms. The summed E-state index contributed by atoms with van der Waals surface area (Å²) in [5.74, 6) is 0.899. The van der Waals surface area contributed by atoms with Crippen LogP contribution in [0.25, 0.3) is 0 Å². The first kappa shape index (κ1) is 15.4. The Morgan fingerprint density at radius 3 is 2.26 bits per heavy atom. The summed E-state index contributed by atoms with van der Waals surface area (Å²) in [6.45, 7) is 7.61. The van der Waals surface area contributed by atoms with Gasteiger partial charge in [0.2, 0.25) is 0 Å². The maximum atomic E-state index is 6.33. The van der Waals surface area contributed by atoms with Crippen molar-refractivity contribution in [3.05, 3.63) is 11.2 Å². The van der Waals surface area contributed by atoms with Crippen molar-refractivity contribution in [2.45, 2.75) is 51.1 Å². The van der Waals surface area contributed by atoms with Gasteiger partial charge in [-0.2, -0.15) is 0 Å². The zero-order valence-corrected chi connectivity index (χ0v) is 14.4. The van der Waals surface area contributed by atoms with Crippen molar-refractivity contribution in [3.63, 3.8) is 0 Å². The van der Waals surface area contributed by atoms with Gasteiger partial charge in [-0.05, 0) is 26.7 Å². The number of hydrogen-bond donors (Lipinski definition) is 0. The summed E-state index contributed by atoms with van der Waals surface area (Å²) in [5.41, 5.74) is 0.956. The molecule has 0 N–H and O–H groups in total. The van der Waals surface area contributed by atoms with Crippen LogP contribution in [0, 0.1) is 0 Å². The fourth-order valence-electron chi connectivity index (χ4n) is 3.91. The largest absolute Gasteiger partial charge is 0.372 e.